The number of fused-ring (bicyclic) bond motifs is 3. The van der Waals surface area contributed by atoms with Gasteiger partial charge in [0, 0.05) is 0 Å². The third kappa shape index (κ3) is 10.1. The monoisotopic (exact) mass is 788 g/mol. The molecule has 0 unspecified atom stereocenters. The van der Waals surface area contributed by atoms with Crippen molar-refractivity contribution in [3.05, 3.63) is 154 Å². The summed E-state index contributed by atoms with van der Waals surface area (Å²) in [5, 5.41) is 0. The molecular weight excluding hydrogens is 742 g/mol. The summed E-state index contributed by atoms with van der Waals surface area (Å²) >= 11 is 1.08. The Hall–Kier alpha value is -2.32. The van der Waals surface area contributed by atoms with Gasteiger partial charge in [-0.2, -0.15) is 29.8 Å². The minimum atomic E-state index is 0. The Morgan fingerprint density at radius 1 is 0.682 bits per heavy atom. The van der Waals surface area contributed by atoms with Gasteiger partial charge in [0.25, 0.3) is 0 Å². The first-order valence-corrected chi connectivity index (χ1v) is 16.8. The van der Waals surface area contributed by atoms with Gasteiger partial charge in [0.15, 0.2) is 0 Å². The normalized spacial score (nSPS) is 12.4. The zero-order valence-corrected chi connectivity index (χ0v) is 32.7. The van der Waals surface area contributed by atoms with Gasteiger partial charge in [0.2, 0.25) is 0 Å². The number of halogens is 2. The van der Waals surface area contributed by atoms with E-state index in [9.17, 15) is 0 Å². The first-order valence-electron chi connectivity index (χ1n) is 15.0. The van der Waals surface area contributed by atoms with Gasteiger partial charge in [-0.1, -0.05) is 65.3 Å². The molecule has 0 atom stereocenters. The number of aryl methyl sites for hydroxylation is 2. The van der Waals surface area contributed by atoms with Crippen molar-refractivity contribution >= 4 is 28.1 Å². The van der Waals surface area contributed by atoms with Crippen molar-refractivity contribution in [3.8, 4) is 11.1 Å². The Kier molecular flexibility index (Phi) is 14.0. The van der Waals surface area contributed by atoms with Crippen LogP contribution in [-0.4, -0.2) is 3.26 Å². The molecule has 44 heavy (non-hydrogen) atoms. The van der Waals surface area contributed by atoms with E-state index in [4.69, 9.17) is 0 Å². The quantitative estimate of drug-likeness (QED) is 0.123. The minimum absolute atomic E-state index is 0. The van der Waals surface area contributed by atoms with Gasteiger partial charge in [0.1, 0.15) is 0 Å². The van der Waals surface area contributed by atoms with E-state index in [1.165, 1.54) is 58.9 Å². The molecule has 6 rings (SSSR count). The molecule has 228 valence electrons. The van der Waals surface area contributed by atoms with Crippen LogP contribution in [0.1, 0.15) is 92.5 Å². The summed E-state index contributed by atoms with van der Waals surface area (Å²) in [5.74, 6) is 0. The van der Waals surface area contributed by atoms with Crippen LogP contribution >= 0.6 is 24.8 Å². The second-order valence-corrected chi connectivity index (χ2v) is 15.2. The third-order valence-corrected chi connectivity index (χ3v) is 9.80. The Labute approximate surface area is 294 Å². The first kappa shape index (κ1) is 37.9. The number of benzene rings is 4. The van der Waals surface area contributed by atoms with Crippen molar-refractivity contribution in [3.63, 3.8) is 0 Å². The zero-order chi connectivity index (χ0) is 30.5. The maximum Gasteiger partial charge on any atom is -0.109 e. The van der Waals surface area contributed by atoms with Gasteiger partial charge >= 0.3 is 112 Å². The fraction of sp³-hybridized carbons (Fsp3) is 0.293. The van der Waals surface area contributed by atoms with Crippen molar-refractivity contribution in [2.45, 2.75) is 79.1 Å². The molecule has 0 aliphatic heterocycles. The van der Waals surface area contributed by atoms with Crippen molar-refractivity contribution in [1.82, 2.24) is 0 Å². The van der Waals surface area contributed by atoms with E-state index < -0.39 is 0 Å². The van der Waals surface area contributed by atoms with Crippen LogP contribution in [0.3, 0.4) is 0 Å². The van der Waals surface area contributed by atoms with E-state index in [2.05, 4.69) is 152 Å². The van der Waals surface area contributed by atoms with E-state index in [1.807, 2.05) is 12.2 Å². The average molecular weight is 788 g/mol. The van der Waals surface area contributed by atoms with Crippen molar-refractivity contribution in [2.24, 2.45) is 0 Å². The maximum atomic E-state index is 3.67. The molecule has 4 aromatic carbocycles. The smallest absolute Gasteiger partial charge is 0.109 e. The van der Waals surface area contributed by atoms with Gasteiger partial charge in [-0.3, -0.25) is 6.08 Å². The van der Waals surface area contributed by atoms with Crippen LogP contribution in [0.15, 0.2) is 97.1 Å². The van der Waals surface area contributed by atoms with Crippen LogP contribution in [0.25, 0.3) is 11.1 Å². The average Bonchev–Trinajstić information content (AvgIpc) is 3.64. The predicted molar refractivity (Wildman–Crippen MR) is 193 cm³/mol. The van der Waals surface area contributed by atoms with Gasteiger partial charge in [-0.25, -0.2) is 12.2 Å². The van der Waals surface area contributed by atoms with Crippen LogP contribution in [0.5, 0.6) is 0 Å². The topological polar surface area (TPSA) is 0 Å². The molecule has 0 radical (unpaired) electrons. The molecule has 0 aromatic heterocycles. The summed E-state index contributed by atoms with van der Waals surface area (Å²) < 4.78 is 1.47. The van der Waals surface area contributed by atoms with Crippen LogP contribution < -0.4 is 0 Å². The SMILES string of the molecule is CC(C)(C)c1[c-]c2c(cc1)-c1ccc(C(C)(C)C)cc1C2.Cc1ccc([C](=[Hf+2])c2ccc(C)cc2)cc1.Cl.Cl.[C-]1=CC=CC1. The van der Waals surface area contributed by atoms with Crippen LogP contribution in [0, 0.1) is 26.0 Å². The van der Waals surface area contributed by atoms with Crippen molar-refractivity contribution in [2.75, 3.05) is 0 Å². The van der Waals surface area contributed by atoms with E-state index in [0.717, 1.165) is 36.7 Å². The molecule has 0 heterocycles. The molecule has 0 bridgehead atoms. The van der Waals surface area contributed by atoms with Gasteiger partial charge < -0.3 is 0 Å². The Balaban J connectivity index is 0.000000260. The summed E-state index contributed by atoms with van der Waals surface area (Å²) in [4.78, 5) is 0. The molecule has 0 amide bonds. The second kappa shape index (κ2) is 16.3. The molecule has 2 aliphatic rings. The van der Waals surface area contributed by atoms with Gasteiger partial charge in [0.05, 0.1) is 0 Å². The van der Waals surface area contributed by atoms with E-state index >= 15 is 0 Å². The summed E-state index contributed by atoms with van der Waals surface area (Å²) in [5.41, 5.74) is 14.1. The third-order valence-electron chi connectivity index (χ3n) is 7.73. The number of hydrogen-bond donors (Lipinski definition) is 0. The Morgan fingerprint density at radius 2 is 1.23 bits per heavy atom. The number of rotatable bonds is 2. The van der Waals surface area contributed by atoms with Crippen LogP contribution in [-0.2, 0) is 41.1 Å². The molecule has 0 nitrogen and oxygen atoms in total. The molecular formula is C41H46Cl2Hf. The first-order chi connectivity index (χ1) is 19.8. The standard InChI is InChI=1S/C21H25.C15H14.C5H5.2ClH.Hf/c1-20(2,3)16-7-9-18-14(12-16)11-15-13-17(21(4,5)6)8-10-19(15)18;1-12-3-7-14(8-4-12)11-15-9-5-13(2)6-10-15;1-2-4-5-3-1;;;/h7-10,12H,11H2,1-6H3;3-10H,1-2H3;1-3H,4H2;2*1H;/q-1;;-1;;;+2. The minimum Gasteiger partial charge on any atom is -0.273 e. The summed E-state index contributed by atoms with van der Waals surface area (Å²) in [6, 6.07) is 32.8. The molecule has 3 heteroatoms. The van der Waals surface area contributed by atoms with Crippen LogP contribution in [0.4, 0.5) is 0 Å². The molecule has 0 N–H and O–H groups in total. The fourth-order valence-corrected chi connectivity index (χ4v) is 6.17. The molecule has 0 saturated heterocycles. The predicted octanol–water partition coefficient (Wildman–Crippen LogP) is 11.2. The zero-order valence-electron chi connectivity index (χ0n) is 27.5. The maximum absolute atomic E-state index is 3.67. The Morgan fingerprint density at radius 3 is 1.66 bits per heavy atom. The number of hydrogen-bond acceptors (Lipinski definition) is 0. The summed E-state index contributed by atoms with van der Waals surface area (Å²) in [6.07, 6.45) is 11.0. The Bertz CT molecular complexity index is 1470. The van der Waals surface area contributed by atoms with E-state index in [0.29, 0.717) is 0 Å². The second-order valence-electron chi connectivity index (χ2n) is 13.4. The fourth-order valence-electron chi connectivity index (χ4n) is 4.98. The van der Waals surface area contributed by atoms with Gasteiger partial charge in [-0.05, 0) is 28.4 Å². The molecule has 2 aliphatic carbocycles. The van der Waals surface area contributed by atoms with E-state index in [1.54, 1.807) is 0 Å². The summed E-state index contributed by atoms with van der Waals surface area (Å²) in [7, 11) is 0. The summed E-state index contributed by atoms with van der Waals surface area (Å²) in [6.45, 7) is 17.9. The molecule has 0 saturated carbocycles. The largest absolute Gasteiger partial charge is 0.273 e. The van der Waals surface area contributed by atoms with Gasteiger partial charge in [-0.15, -0.1) is 42.4 Å². The molecule has 0 spiro atoms. The molecule has 4 aromatic rings. The molecule has 0 fully saturated rings. The number of allylic oxidation sites excluding steroid dienone is 4. The van der Waals surface area contributed by atoms with Crippen molar-refractivity contribution in [1.29, 1.82) is 0 Å². The van der Waals surface area contributed by atoms with Crippen LogP contribution in [0.2, 0.25) is 0 Å². The van der Waals surface area contributed by atoms with Crippen molar-refractivity contribution < 1.29 is 23.9 Å². The van der Waals surface area contributed by atoms with E-state index in [-0.39, 0.29) is 35.6 Å².